The van der Waals surface area contributed by atoms with Crippen molar-refractivity contribution in [2.75, 3.05) is 6.54 Å². The molecule has 1 aliphatic heterocycles. The summed E-state index contributed by atoms with van der Waals surface area (Å²) in [6, 6.07) is -0.285. The zero-order valence-corrected chi connectivity index (χ0v) is 8.16. The molecular formula is C10H13N3O. The van der Waals surface area contributed by atoms with E-state index in [1.807, 2.05) is 0 Å². The zero-order chi connectivity index (χ0) is 10.3. The van der Waals surface area contributed by atoms with E-state index in [2.05, 4.69) is 17.8 Å². The topological polar surface area (TPSA) is 58.7 Å². The van der Waals surface area contributed by atoms with Crippen LogP contribution in [0, 0.1) is 18.3 Å². The smallest absolute Gasteiger partial charge is 0.346 e. The summed E-state index contributed by atoms with van der Waals surface area (Å²) in [7, 11) is 0. The van der Waals surface area contributed by atoms with E-state index in [1.54, 1.807) is 4.90 Å². The molecule has 0 bridgehead atoms. The highest BCUT2D eigenvalue weighted by Gasteiger charge is 2.56. The second-order valence-electron chi connectivity index (χ2n) is 3.93. The van der Waals surface area contributed by atoms with Crippen molar-refractivity contribution in [1.29, 1.82) is 0 Å². The van der Waals surface area contributed by atoms with Gasteiger partial charge in [-0.1, -0.05) is 12.8 Å². The van der Waals surface area contributed by atoms with Crippen molar-refractivity contribution in [3.05, 3.63) is 0 Å². The van der Waals surface area contributed by atoms with E-state index < -0.39 is 0 Å². The number of amidine groups is 1. The molecule has 1 heterocycles. The Morgan fingerprint density at radius 3 is 3.00 bits per heavy atom. The van der Waals surface area contributed by atoms with Crippen LogP contribution in [0.1, 0.15) is 19.8 Å². The Balaban J connectivity index is 2.34. The van der Waals surface area contributed by atoms with Gasteiger partial charge in [-0.25, -0.2) is 4.79 Å². The summed E-state index contributed by atoms with van der Waals surface area (Å²) in [6.45, 7) is 2.38. The minimum Gasteiger partial charge on any atom is -0.385 e. The fourth-order valence-corrected chi connectivity index (χ4v) is 2.36. The average molecular weight is 191 g/mol. The van der Waals surface area contributed by atoms with Gasteiger partial charge in [0.15, 0.2) is 0 Å². The normalized spacial score (nSPS) is 35.4. The van der Waals surface area contributed by atoms with Crippen molar-refractivity contribution in [2.24, 2.45) is 16.6 Å². The van der Waals surface area contributed by atoms with Crippen molar-refractivity contribution >= 4 is 11.9 Å². The Bertz CT molecular complexity index is 355. The lowest BCUT2D eigenvalue weighted by Gasteiger charge is -2.49. The second kappa shape index (κ2) is 2.74. The molecule has 74 valence electrons. The molecule has 2 N–H and O–H groups in total. The van der Waals surface area contributed by atoms with E-state index in [9.17, 15) is 4.79 Å². The van der Waals surface area contributed by atoms with Crippen LogP contribution in [0.5, 0.6) is 0 Å². The molecule has 0 aromatic rings. The van der Waals surface area contributed by atoms with Crippen LogP contribution < -0.4 is 5.73 Å². The Morgan fingerprint density at radius 2 is 2.57 bits per heavy atom. The molecule has 2 unspecified atom stereocenters. The number of urea groups is 1. The van der Waals surface area contributed by atoms with Crippen LogP contribution in [0.2, 0.25) is 0 Å². The molecular weight excluding hydrogens is 178 g/mol. The van der Waals surface area contributed by atoms with E-state index in [4.69, 9.17) is 12.2 Å². The fourth-order valence-electron chi connectivity index (χ4n) is 2.36. The van der Waals surface area contributed by atoms with Gasteiger partial charge in [-0.15, -0.1) is 6.42 Å². The van der Waals surface area contributed by atoms with E-state index in [-0.39, 0.29) is 11.6 Å². The third-order valence-corrected chi connectivity index (χ3v) is 3.40. The summed E-state index contributed by atoms with van der Waals surface area (Å²) < 4.78 is 0. The Kier molecular flexibility index (Phi) is 1.78. The van der Waals surface area contributed by atoms with Crippen LogP contribution >= 0.6 is 0 Å². The molecule has 2 atom stereocenters. The van der Waals surface area contributed by atoms with Crippen LogP contribution in [0.15, 0.2) is 4.99 Å². The summed E-state index contributed by atoms with van der Waals surface area (Å²) in [6.07, 6.45) is 7.19. The quantitative estimate of drug-likeness (QED) is 0.616. The maximum Gasteiger partial charge on any atom is 0.346 e. The number of nitrogens with two attached hydrogens (primary N) is 1. The highest BCUT2D eigenvalue weighted by molar-refractivity contribution is 6.06. The molecule has 14 heavy (non-hydrogen) atoms. The Labute approximate surface area is 83.2 Å². The van der Waals surface area contributed by atoms with Crippen LogP contribution in [0.4, 0.5) is 4.79 Å². The van der Waals surface area contributed by atoms with Gasteiger partial charge in [-0.3, -0.25) is 4.90 Å². The fraction of sp³-hybridized carbons (Fsp3) is 0.600. The van der Waals surface area contributed by atoms with Gasteiger partial charge in [0, 0.05) is 0 Å². The van der Waals surface area contributed by atoms with Gasteiger partial charge in [0.2, 0.25) is 0 Å². The van der Waals surface area contributed by atoms with Crippen LogP contribution in [0.3, 0.4) is 0 Å². The maximum absolute atomic E-state index is 11.5. The molecule has 0 saturated heterocycles. The summed E-state index contributed by atoms with van der Waals surface area (Å²) in [4.78, 5) is 16.9. The molecule has 1 aliphatic carbocycles. The molecule has 1 saturated carbocycles. The van der Waals surface area contributed by atoms with Gasteiger partial charge < -0.3 is 5.73 Å². The number of hydrogen-bond acceptors (Lipinski definition) is 2. The molecule has 0 radical (unpaired) electrons. The van der Waals surface area contributed by atoms with Gasteiger partial charge in [-0.05, 0) is 18.8 Å². The first-order valence-corrected chi connectivity index (χ1v) is 4.72. The van der Waals surface area contributed by atoms with Gasteiger partial charge in [0.1, 0.15) is 11.4 Å². The molecule has 2 aliphatic rings. The number of terminal acetylenes is 1. The van der Waals surface area contributed by atoms with E-state index >= 15 is 0 Å². The van der Waals surface area contributed by atoms with E-state index in [0.717, 1.165) is 12.8 Å². The lowest BCUT2D eigenvalue weighted by Crippen LogP contribution is -2.63. The van der Waals surface area contributed by atoms with Gasteiger partial charge in [0.05, 0.1) is 6.54 Å². The molecule has 1 spiro atoms. The summed E-state index contributed by atoms with van der Waals surface area (Å²) in [5, 5.41) is 0. The summed E-state index contributed by atoms with van der Waals surface area (Å²) >= 11 is 0. The lowest BCUT2D eigenvalue weighted by molar-refractivity contribution is 0.0706. The van der Waals surface area contributed by atoms with Crippen molar-refractivity contribution in [3.8, 4) is 12.3 Å². The standard InChI is InChI=1S/C10H13N3O/c1-3-6-13-9(14)12-8(11)10(13)5-4-7(10)2/h1,7H,4-6H2,2H3,(H2,11,12,14). The number of hydrogen-bond donors (Lipinski definition) is 1. The minimum absolute atomic E-state index is 0.285. The molecule has 4 heteroatoms. The number of nitrogens with zero attached hydrogens (tertiary/aromatic N) is 2. The molecule has 0 aromatic carbocycles. The molecule has 2 rings (SSSR count). The van der Waals surface area contributed by atoms with E-state index in [1.165, 1.54) is 0 Å². The molecule has 2 amide bonds. The van der Waals surface area contributed by atoms with Crippen LogP contribution in [-0.4, -0.2) is 28.9 Å². The SMILES string of the molecule is C#CCN1C(=O)N=C(N)C12CCC2C. The van der Waals surface area contributed by atoms with E-state index in [0.29, 0.717) is 18.3 Å². The molecule has 1 fully saturated rings. The van der Waals surface area contributed by atoms with Crippen molar-refractivity contribution < 1.29 is 4.79 Å². The monoisotopic (exact) mass is 191 g/mol. The first-order chi connectivity index (χ1) is 6.63. The second-order valence-corrected chi connectivity index (χ2v) is 3.93. The first kappa shape index (κ1) is 9.07. The molecule has 0 aromatic heterocycles. The molecule has 4 nitrogen and oxygen atoms in total. The lowest BCUT2D eigenvalue weighted by atomic mass is 9.66. The third-order valence-electron chi connectivity index (χ3n) is 3.40. The predicted octanol–water partition coefficient (Wildman–Crippen LogP) is 0.581. The Morgan fingerprint density at radius 1 is 1.86 bits per heavy atom. The Hall–Kier alpha value is -1.50. The third kappa shape index (κ3) is 0.844. The average Bonchev–Trinajstić information content (AvgIpc) is 2.39. The first-order valence-electron chi connectivity index (χ1n) is 4.72. The van der Waals surface area contributed by atoms with Gasteiger partial charge in [-0.2, -0.15) is 4.99 Å². The zero-order valence-electron chi connectivity index (χ0n) is 8.16. The highest BCUT2D eigenvalue weighted by Crippen LogP contribution is 2.45. The van der Waals surface area contributed by atoms with Crippen molar-refractivity contribution in [1.82, 2.24) is 4.90 Å². The summed E-state index contributed by atoms with van der Waals surface area (Å²) in [5.41, 5.74) is 5.44. The van der Waals surface area contributed by atoms with Gasteiger partial charge in [0.25, 0.3) is 0 Å². The summed E-state index contributed by atoms with van der Waals surface area (Å²) in [5.74, 6) is 3.29. The van der Waals surface area contributed by atoms with Gasteiger partial charge >= 0.3 is 6.03 Å². The predicted molar refractivity (Wildman–Crippen MR) is 53.7 cm³/mol. The number of carbonyl (C=O) groups excluding carboxylic acids is 1. The van der Waals surface area contributed by atoms with Crippen molar-refractivity contribution in [3.63, 3.8) is 0 Å². The van der Waals surface area contributed by atoms with Crippen LogP contribution in [-0.2, 0) is 0 Å². The number of aliphatic imine (C=N–C) groups is 1. The number of carbonyl (C=O) groups is 1. The maximum atomic E-state index is 11.5. The van der Waals surface area contributed by atoms with Crippen LogP contribution in [0.25, 0.3) is 0 Å². The number of amides is 2. The largest absolute Gasteiger partial charge is 0.385 e. The minimum atomic E-state index is -0.358. The number of rotatable bonds is 1. The highest BCUT2D eigenvalue weighted by atomic mass is 16.2. The van der Waals surface area contributed by atoms with Crippen molar-refractivity contribution in [2.45, 2.75) is 25.3 Å².